The number of piperidine rings is 1. The lowest BCUT2D eigenvalue weighted by Gasteiger charge is -2.29. The third kappa shape index (κ3) is 4.42. The molecule has 0 radical (unpaired) electrons. The molecule has 2 saturated heterocycles. The van der Waals surface area contributed by atoms with Crippen LogP contribution >= 0.6 is 0 Å². The molecule has 1 aromatic carbocycles. The lowest BCUT2D eigenvalue weighted by Crippen LogP contribution is -2.58. The van der Waals surface area contributed by atoms with E-state index in [9.17, 15) is 14.4 Å². The molecule has 3 rings (SSSR count). The maximum atomic E-state index is 12.8. The summed E-state index contributed by atoms with van der Waals surface area (Å²) in [6.45, 7) is 7.38. The lowest BCUT2D eigenvalue weighted by molar-refractivity contribution is -0.131. The van der Waals surface area contributed by atoms with Crippen molar-refractivity contribution in [2.45, 2.75) is 33.1 Å². The number of imide groups is 2. The second kappa shape index (κ2) is 8.43. The highest BCUT2D eigenvalue weighted by Crippen LogP contribution is 2.23. The largest absolute Gasteiger partial charge is 0.335 e. The van der Waals surface area contributed by atoms with Crippen LogP contribution in [0.25, 0.3) is 0 Å². The van der Waals surface area contributed by atoms with E-state index < -0.39 is 23.8 Å². The number of benzene rings is 1. The van der Waals surface area contributed by atoms with E-state index in [2.05, 4.69) is 15.2 Å². The van der Waals surface area contributed by atoms with Gasteiger partial charge in [0.2, 0.25) is 5.91 Å². The van der Waals surface area contributed by atoms with Crippen molar-refractivity contribution >= 4 is 29.7 Å². The second-order valence-electron chi connectivity index (χ2n) is 7.17. The number of nitrogens with zero attached hydrogens (tertiary/aromatic N) is 3. The smallest absolute Gasteiger partial charge is 0.302 e. The summed E-state index contributed by atoms with van der Waals surface area (Å²) in [6.07, 6.45) is 5.07. The Bertz CT molecular complexity index is 768. The Balaban J connectivity index is 1.68. The molecule has 1 N–H and O–H groups in total. The minimum Gasteiger partial charge on any atom is -0.302 e. The van der Waals surface area contributed by atoms with Crippen LogP contribution in [0.1, 0.15) is 30.4 Å². The summed E-state index contributed by atoms with van der Waals surface area (Å²) in [6, 6.07) is 4.61. The van der Waals surface area contributed by atoms with Gasteiger partial charge in [-0.3, -0.25) is 19.9 Å². The number of hydrogen-bond acceptors (Lipinski definition) is 5. The van der Waals surface area contributed by atoms with Crippen LogP contribution < -0.4 is 10.2 Å². The molecule has 0 bridgehead atoms. The number of barbiturate groups is 1. The molecule has 0 saturated carbocycles. The van der Waals surface area contributed by atoms with E-state index in [-0.39, 0.29) is 0 Å². The molecule has 7 heteroatoms. The molecule has 2 heterocycles. The van der Waals surface area contributed by atoms with Gasteiger partial charge in [0.15, 0.2) is 5.92 Å². The van der Waals surface area contributed by atoms with E-state index in [0.29, 0.717) is 12.2 Å². The summed E-state index contributed by atoms with van der Waals surface area (Å²) in [5, 5.41) is 2.26. The Morgan fingerprint density at radius 2 is 1.85 bits per heavy atom. The van der Waals surface area contributed by atoms with Crippen molar-refractivity contribution in [2.75, 3.05) is 31.1 Å². The predicted molar refractivity (Wildman–Crippen MR) is 104 cm³/mol. The zero-order valence-electron chi connectivity index (χ0n) is 15.9. The second-order valence-corrected chi connectivity index (χ2v) is 7.17. The zero-order valence-corrected chi connectivity index (χ0v) is 15.9. The van der Waals surface area contributed by atoms with Crippen molar-refractivity contribution in [1.29, 1.82) is 0 Å². The normalized spacial score (nSPS) is 21.8. The lowest BCUT2D eigenvalue weighted by atomic mass is 10.0. The Kier molecular flexibility index (Phi) is 6.01. The first-order valence-corrected chi connectivity index (χ1v) is 9.46. The van der Waals surface area contributed by atoms with Gasteiger partial charge in [-0.1, -0.05) is 12.5 Å². The van der Waals surface area contributed by atoms with E-state index in [4.69, 9.17) is 0 Å². The summed E-state index contributed by atoms with van der Waals surface area (Å²) in [5.41, 5.74) is 2.49. The SMILES string of the molecule is Cc1ccc(N2C(=O)NC(=O)[C@@H](C=NCCN3CCCCC3)C2=O)cc1C. The first-order chi connectivity index (χ1) is 13.0. The fourth-order valence-electron chi connectivity index (χ4n) is 3.39. The third-order valence-corrected chi connectivity index (χ3v) is 5.20. The van der Waals surface area contributed by atoms with Crippen LogP contribution in [-0.2, 0) is 9.59 Å². The van der Waals surface area contributed by atoms with Gasteiger partial charge in [0.05, 0.1) is 12.2 Å². The first kappa shape index (κ1) is 19.2. The predicted octanol–water partition coefficient (Wildman–Crippen LogP) is 2.06. The number of aliphatic imine (C=N–C) groups is 1. The molecule has 2 aliphatic heterocycles. The van der Waals surface area contributed by atoms with Gasteiger partial charge in [0.1, 0.15) is 0 Å². The molecule has 4 amide bonds. The Morgan fingerprint density at radius 1 is 1.11 bits per heavy atom. The number of carbonyl (C=O) groups is 3. The molecule has 0 aliphatic carbocycles. The minimum absolute atomic E-state index is 0.458. The molecule has 7 nitrogen and oxygen atoms in total. The fraction of sp³-hybridized carbons (Fsp3) is 0.500. The van der Waals surface area contributed by atoms with E-state index in [1.807, 2.05) is 19.9 Å². The molecule has 0 spiro atoms. The van der Waals surface area contributed by atoms with Gasteiger partial charge in [0, 0.05) is 12.8 Å². The van der Waals surface area contributed by atoms with Crippen molar-refractivity contribution in [3.05, 3.63) is 29.3 Å². The number of hydrogen-bond donors (Lipinski definition) is 1. The third-order valence-electron chi connectivity index (χ3n) is 5.20. The quantitative estimate of drug-likeness (QED) is 0.635. The average molecular weight is 370 g/mol. The van der Waals surface area contributed by atoms with Crippen molar-refractivity contribution in [3.8, 4) is 0 Å². The van der Waals surface area contributed by atoms with Gasteiger partial charge in [-0.05, 0) is 63.0 Å². The van der Waals surface area contributed by atoms with Crippen LogP contribution in [0.5, 0.6) is 0 Å². The van der Waals surface area contributed by atoms with Crippen molar-refractivity contribution in [2.24, 2.45) is 10.9 Å². The van der Waals surface area contributed by atoms with Crippen LogP contribution in [0.3, 0.4) is 0 Å². The van der Waals surface area contributed by atoms with Gasteiger partial charge in [-0.25, -0.2) is 9.69 Å². The molecule has 1 aromatic rings. The van der Waals surface area contributed by atoms with E-state index in [0.717, 1.165) is 35.7 Å². The summed E-state index contributed by atoms with van der Waals surface area (Å²) in [4.78, 5) is 44.8. The van der Waals surface area contributed by atoms with E-state index in [1.54, 1.807) is 12.1 Å². The van der Waals surface area contributed by atoms with Crippen molar-refractivity contribution < 1.29 is 14.4 Å². The summed E-state index contributed by atoms with van der Waals surface area (Å²) < 4.78 is 0. The molecule has 2 fully saturated rings. The highest BCUT2D eigenvalue weighted by molar-refractivity contribution is 6.32. The molecule has 144 valence electrons. The molecular weight excluding hydrogens is 344 g/mol. The van der Waals surface area contributed by atoms with Crippen molar-refractivity contribution in [1.82, 2.24) is 10.2 Å². The van der Waals surface area contributed by atoms with Crippen LogP contribution in [0.4, 0.5) is 10.5 Å². The van der Waals surface area contributed by atoms with Gasteiger partial charge < -0.3 is 4.90 Å². The van der Waals surface area contributed by atoms with Crippen LogP contribution in [0.2, 0.25) is 0 Å². The molecule has 1 atom stereocenters. The summed E-state index contributed by atoms with van der Waals surface area (Å²) >= 11 is 0. The Hall–Kier alpha value is -2.54. The number of aryl methyl sites for hydroxylation is 2. The maximum Gasteiger partial charge on any atom is 0.335 e. The number of likely N-dealkylation sites (tertiary alicyclic amines) is 1. The molecule has 2 aliphatic rings. The molecule has 0 unspecified atom stereocenters. The minimum atomic E-state index is -1.08. The number of rotatable bonds is 5. The highest BCUT2D eigenvalue weighted by Gasteiger charge is 2.40. The van der Waals surface area contributed by atoms with Crippen LogP contribution in [0, 0.1) is 19.8 Å². The molecule has 27 heavy (non-hydrogen) atoms. The van der Waals surface area contributed by atoms with Crippen molar-refractivity contribution in [3.63, 3.8) is 0 Å². The monoisotopic (exact) mass is 370 g/mol. The molecular formula is C20H26N4O3. The van der Waals surface area contributed by atoms with Gasteiger partial charge >= 0.3 is 6.03 Å². The van der Waals surface area contributed by atoms with E-state index in [1.165, 1.54) is 25.5 Å². The Labute approximate surface area is 159 Å². The number of anilines is 1. The van der Waals surface area contributed by atoms with Gasteiger partial charge in [-0.15, -0.1) is 0 Å². The number of nitrogens with one attached hydrogen (secondary N) is 1. The topological polar surface area (TPSA) is 82.1 Å². The maximum absolute atomic E-state index is 12.8. The number of carbonyl (C=O) groups excluding carboxylic acids is 3. The molecule has 0 aromatic heterocycles. The highest BCUT2D eigenvalue weighted by atomic mass is 16.2. The summed E-state index contributed by atoms with van der Waals surface area (Å²) in [7, 11) is 0. The number of urea groups is 1. The standard InChI is InChI=1S/C20H26N4O3/c1-14-6-7-16(12-15(14)2)24-19(26)17(18(25)22-20(24)27)13-21-8-11-23-9-4-3-5-10-23/h6-7,12-13,17H,3-5,8-11H2,1-2H3,(H,22,25,27)/t17-/m1/s1. The fourth-order valence-corrected chi connectivity index (χ4v) is 3.39. The van der Waals surface area contributed by atoms with Gasteiger partial charge in [-0.2, -0.15) is 0 Å². The van der Waals surface area contributed by atoms with E-state index >= 15 is 0 Å². The van der Waals surface area contributed by atoms with Crippen LogP contribution in [-0.4, -0.2) is 55.1 Å². The van der Waals surface area contributed by atoms with Gasteiger partial charge in [0.25, 0.3) is 5.91 Å². The first-order valence-electron chi connectivity index (χ1n) is 9.46. The number of amides is 4. The average Bonchev–Trinajstić information content (AvgIpc) is 2.64. The Morgan fingerprint density at radius 3 is 2.56 bits per heavy atom. The van der Waals surface area contributed by atoms with Crippen LogP contribution in [0.15, 0.2) is 23.2 Å². The zero-order chi connectivity index (χ0) is 19.4. The summed E-state index contributed by atoms with van der Waals surface area (Å²) in [5.74, 6) is -2.26.